The number of rotatable bonds is 5. The molecule has 1 unspecified atom stereocenters. The first-order valence-electron chi connectivity index (χ1n) is 4.93. The van der Waals surface area contributed by atoms with Gasteiger partial charge in [-0.2, -0.15) is 0 Å². The summed E-state index contributed by atoms with van der Waals surface area (Å²) in [4.78, 5) is 8.33. The smallest absolute Gasteiger partial charge is 0.147 e. The summed E-state index contributed by atoms with van der Waals surface area (Å²) in [5.41, 5.74) is 0.892. The van der Waals surface area contributed by atoms with E-state index in [0.717, 1.165) is 24.4 Å². The van der Waals surface area contributed by atoms with Gasteiger partial charge in [-0.05, 0) is 19.8 Å². The third-order valence-corrected chi connectivity index (χ3v) is 2.19. The second kappa shape index (κ2) is 5.54. The third-order valence-electron chi connectivity index (χ3n) is 2.19. The Morgan fingerprint density at radius 2 is 2.14 bits per heavy atom. The van der Waals surface area contributed by atoms with E-state index in [1.54, 1.807) is 12.4 Å². The summed E-state index contributed by atoms with van der Waals surface area (Å²) in [5, 5.41) is 12.1. The Morgan fingerprint density at radius 3 is 2.71 bits per heavy atom. The first-order valence-corrected chi connectivity index (χ1v) is 4.93. The first-order chi connectivity index (χ1) is 6.77. The summed E-state index contributed by atoms with van der Waals surface area (Å²) in [6.07, 6.45) is 5.05. The van der Waals surface area contributed by atoms with Crippen molar-refractivity contribution in [1.82, 2.24) is 9.97 Å². The van der Waals surface area contributed by atoms with Gasteiger partial charge in [0.2, 0.25) is 0 Å². The van der Waals surface area contributed by atoms with Gasteiger partial charge in [0.25, 0.3) is 0 Å². The Labute approximate surface area is 84.4 Å². The summed E-state index contributed by atoms with van der Waals surface area (Å²) in [6.45, 7) is 4.20. The van der Waals surface area contributed by atoms with Crippen molar-refractivity contribution in [2.45, 2.75) is 32.7 Å². The van der Waals surface area contributed by atoms with E-state index in [9.17, 15) is 0 Å². The van der Waals surface area contributed by atoms with Gasteiger partial charge in [-0.1, -0.05) is 6.92 Å². The van der Waals surface area contributed by atoms with Gasteiger partial charge in [0.05, 0.1) is 5.69 Å². The topological polar surface area (TPSA) is 58.0 Å². The van der Waals surface area contributed by atoms with Crippen molar-refractivity contribution in [3.63, 3.8) is 0 Å². The number of hydrogen-bond donors (Lipinski definition) is 2. The highest BCUT2D eigenvalue weighted by atomic mass is 16.3. The molecule has 78 valence electrons. The summed E-state index contributed by atoms with van der Waals surface area (Å²) >= 11 is 0. The normalized spacial score (nSPS) is 12.5. The van der Waals surface area contributed by atoms with E-state index in [-0.39, 0.29) is 12.6 Å². The maximum absolute atomic E-state index is 8.84. The van der Waals surface area contributed by atoms with E-state index in [1.807, 2.05) is 6.92 Å². The van der Waals surface area contributed by atoms with Crippen molar-refractivity contribution < 1.29 is 5.11 Å². The minimum Gasteiger partial charge on any atom is -0.396 e. The minimum atomic E-state index is 0.199. The number of aryl methyl sites for hydroxylation is 1. The largest absolute Gasteiger partial charge is 0.396 e. The molecule has 0 aromatic carbocycles. The van der Waals surface area contributed by atoms with E-state index in [2.05, 4.69) is 22.2 Å². The fourth-order valence-corrected chi connectivity index (χ4v) is 1.28. The molecule has 1 rings (SSSR count). The van der Waals surface area contributed by atoms with Crippen molar-refractivity contribution in [2.24, 2.45) is 0 Å². The first kappa shape index (κ1) is 10.9. The second-order valence-electron chi connectivity index (χ2n) is 3.25. The average molecular weight is 195 g/mol. The zero-order valence-electron chi connectivity index (χ0n) is 8.70. The molecule has 1 aromatic heterocycles. The second-order valence-corrected chi connectivity index (χ2v) is 3.25. The van der Waals surface area contributed by atoms with Crippen LogP contribution in [0.15, 0.2) is 12.4 Å². The molecule has 14 heavy (non-hydrogen) atoms. The number of aliphatic hydroxyl groups is 1. The van der Waals surface area contributed by atoms with Crippen molar-refractivity contribution in [1.29, 1.82) is 0 Å². The van der Waals surface area contributed by atoms with Gasteiger partial charge in [0.1, 0.15) is 5.82 Å². The van der Waals surface area contributed by atoms with Crippen LogP contribution in [0.1, 0.15) is 25.5 Å². The minimum absolute atomic E-state index is 0.199. The number of hydrogen-bond acceptors (Lipinski definition) is 4. The molecule has 0 aliphatic rings. The molecule has 2 N–H and O–H groups in total. The zero-order valence-corrected chi connectivity index (χ0v) is 8.70. The molecule has 0 fully saturated rings. The fraction of sp³-hybridized carbons (Fsp3) is 0.600. The molecule has 0 radical (unpaired) electrons. The van der Waals surface area contributed by atoms with Gasteiger partial charge in [-0.15, -0.1) is 0 Å². The van der Waals surface area contributed by atoms with Crippen molar-refractivity contribution in [3.8, 4) is 0 Å². The molecule has 1 heterocycles. The van der Waals surface area contributed by atoms with E-state index in [1.165, 1.54) is 0 Å². The molecule has 0 saturated heterocycles. The van der Waals surface area contributed by atoms with Crippen LogP contribution in [0.25, 0.3) is 0 Å². The third kappa shape index (κ3) is 2.96. The van der Waals surface area contributed by atoms with E-state index in [4.69, 9.17) is 5.11 Å². The van der Waals surface area contributed by atoms with Crippen LogP contribution in [-0.2, 0) is 0 Å². The molecule has 0 spiro atoms. The monoisotopic (exact) mass is 195 g/mol. The highest BCUT2D eigenvalue weighted by molar-refractivity contribution is 5.39. The predicted octanol–water partition coefficient (Wildman–Crippen LogP) is 1.36. The lowest BCUT2D eigenvalue weighted by Crippen LogP contribution is -2.21. The Morgan fingerprint density at radius 1 is 1.43 bits per heavy atom. The molecule has 0 saturated carbocycles. The molecule has 4 nitrogen and oxygen atoms in total. The summed E-state index contributed by atoms with van der Waals surface area (Å²) in [7, 11) is 0. The molecule has 0 bridgehead atoms. The highest BCUT2D eigenvalue weighted by Crippen LogP contribution is 2.10. The standard InChI is InChI=1S/C10H17N3O/c1-3-9(4-7-14)13-10-8(2)11-5-6-12-10/h5-6,9,14H,3-4,7H2,1-2H3,(H,12,13). The van der Waals surface area contributed by atoms with Crippen LogP contribution in [0.2, 0.25) is 0 Å². The summed E-state index contributed by atoms with van der Waals surface area (Å²) in [6, 6.07) is 0.274. The van der Waals surface area contributed by atoms with Crippen LogP contribution in [0.3, 0.4) is 0 Å². The molecule has 0 aliphatic carbocycles. The number of nitrogens with zero attached hydrogens (tertiary/aromatic N) is 2. The molecular weight excluding hydrogens is 178 g/mol. The van der Waals surface area contributed by atoms with Gasteiger partial charge in [-0.3, -0.25) is 4.98 Å². The van der Waals surface area contributed by atoms with E-state index in [0.29, 0.717) is 0 Å². The Hall–Kier alpha value is -1.16. The van der Waals surface area contributed by atoms with Gasteiger partial charge in [0.15, 0.2) is 0 Å². The number of aliphatic hydroxyl groups excluding tert-OH is 1. The summed E-state index contributed by atoms with van der Waals surface area (Å²) in [5.74, 6) is 0.813. The lowest BCUT2D eigenvalue weighted by Gasteiger charge is -2.16. The molecule has 0 aliphatic heterocycles. The Balaban J connectivity index is 2.62. The van der Waals surface area contributed by atoms with Crippen LogP contribution in [0.5, 0.6) is 0 Å². The van der Waals surface area contributed by atoms with E-state index >= 15 is 0 Å². The summed E-state index contributed by atoms with van der Waals surface area (Å²) < 4.78 is 0. The van der Waals surface area contributed by atoms with Crippen molar-refractivity contribution >= 4 is 5.82 Å². The molecule has 1 atom stereocenters. The molecule has 1 aromatic rings. The SMILES string of the molecule is CCC(CCO)Nc1nccnc1C. The molecule has 4 heteroatoms. The Bertz CT molecular complexity index is 278. The van der Waals surface area contributed by atoms with Gasteiger partial charge >= 0.3 is 0 Å². The fourth-order valence-electron chi connectivity index (χ4n) is 1.28. The maximum atomic E-state index is 8.84. The van der Waals surface area contributed by atoms with Gasteiger partial charge < -0.3 is 10.4 Å². The van der Waals surface area contributed by atoms with Crippen LogP contribution in [-0.4, -0.2) is 27.7 Å². The van der Waals surface area contributed by atoms with Crippen LogP contribution >= 0.6 is 0 Å². The van der Waals surface area contributed by atoms with Crippen LogP contribution in [0.4, 0.5) is 5.82 Å². The predicted molar refractivity (Wildman–Crippen MR) is 56.2 cm³/mol. The van der Waals surface area contributed by atoms with Crippen LogP contribution in [0, 0.1) is 6.92 Å². The molecule has 0 amide bonds. The Kier molecular flexibility index (Phi) is 4.32. The lowest BCUT2D eigenvalue weighted by molar-refractivity contribution is 0.278. The highest BCUT2D eigenvalue weighted by Gasteiger charge is 2.07. The number of anilines is 1. The number of aromatic nitrogens is 2. The van der Waals surface area contributed by atoms with E-state index < -0.39 is 0 Å². The van der Waals surface area contributed by atoms with Gasteiger partial charge in [0, 0.05) is 25.0 Å². The molecular formula is C10H17N3O. The quantitative estimate of drug-likeness (QED) is 0.744. The number of nitrogens with one attached hydrogen (secondary N) is 1. The average Bonchev–Trinajstić information content (AvgIpc) is 2.20. The van der Waals surface area contributed by atoms with Crippen LogP contribution < -0.4 is 5.32 Å². The van der Waals surface area contributed by atoms with Crippen molar-refractivity contribution in [2.75, 3.05) is 11.9 Å². The zero-order chi connectivity index (χ0) is 10.4. The van der Waals surface area contributed by atoms with Crippen molar-refractivity contribution in [3.05, 3.63) is 18.1 Å². The maximum Gasteiger partial charge on any atom is 0.147 e. The lowest BCUT2D eigenvalue weighted by atomic mass is 10.1. The van der Waals surface area contributed by atoms with Gasteiger partial charge in [-0.25, -0.2) is 4.98 Å².